The number of aromatic amines is 1. The number of pyridine rings is 1. The summed E-state index contributed by atoms with van der Waals surface area (Å²) in [5, 5.41) is 4.02. The number of rotatable bonds is 4. The van der Waals surface area contributed by atoms with Gasteiger partial charge in [0.25, 0.3) is 0 Å². The number of nitrogens with zero attached hydrogens (tertiary/aromatic N) is 5. The van der Waals surface area contributed by atoms with Crippen LogP contribution in [0.1, 0.15) is 28.9 Å². The quantitative estimate of drug-likeness (QED) is 0.605. The van der Waals surface area contributed by atoms with Crippen LogP contribution < -0.4 is 0 Å². The van der Waals surface area contributed by atoms with E-state index in [9.17, 15) is 0 Å². The van der Waals surface area contributed by atoms with E-state index in [0.717, 1.165) is 29.9 Å². The Balaban J connectivity index is 1.46. The van der Waals surface area contributed by atoms with Crippen molar-refractivity contribution in [1.82, 2.24) is 30.0 Å². The molecule has 8 heteroatoms. The minimum absolute atomic E-state index is 0.00216. The van der Waals surface area contributed by atoms with Crippen LogP contribution >= 0.6 is 0 Å². The van der Waals surface area contributed by atoms with E-state index in [2.05, 4.69) is 36.1 Å². The highest BCUT2D eigenvalue weighted by Crippen LogP contribution is 2.33. The normalized spacial score (nSPS) is 17.3. The van der Waals surface area contributed by atoms with Gasteiger partial charge in [-0.05, 0) is 23.8 Å². The van der Waals surface area contributed by atoms with Gasteiger partial charge < -0.3 is 13.9 Å². The van der Waals surface area contributed by atoms with Crippen molar-refractivity contribution in [2.45, 2.75) is 19.0 Å². The van der Waals surface area contributed by atoms with Crippen molar-refractivity contribution in [1.29, 1.82) is 0 Å². The van der Waals surface area contributed by atoms with Gasteiger partial charge in [0.05, 0.1) is 30.9 Å². The number of nitrogens with one attached hydrogen (secondary N) is 1. The summed E-state index contributed by atoms with van der Waals surface area (Å²) in [6, 6.07) is 7.61. The number of imidazole rings is 1. The van der Waals surface area contributed by atoms with Crippen LogP contribution in [0.5, 0.6) is 0 Å². The summed E-state index contributed by atoms with van der Waals surface area (Å²) in [4.78, 5) is 18.8. The SMILES string of the molecule is c1cncc(C2c3nc[nH]c3CCN2Cc2nc(-c3ccco3)no2)c1. The average Bonchev–Trinajstić information content (AvgIpc) is 3.43. The maximum absolute atomic E-state index is 5.44. The van der Waals surface area contributed by atoms with Crippen LogP contribution in [0, 0.1) is 0 Å². The Morgan fingerprint density at radius 2 is 2.27 bits per heavy atom. The monoisotopic (exact) mass is 348 g/mol. The number of H-pyrrole nitrogens is 1. The number of hydrogen-bond acceptors (Lipinski definition) is 7. The van der Waals surface area contributed by atoms with Gasteiger partial charge in [-0.3, -0.25) is 9.88 Å². The zero-order valence-electron chi connectivity index (χ0n) is 13.9. The molecule has 0 spiro atoms. The smallest absolute Gasteiger partial charge is 0.241 e. The molecule has 26 heavy (non-hydrogen) atoms. The Bertz CT molecular complexity index is 992. The highest BCUT2D eigenvalue weighted by Gasteiger charge is 2.32. The van der Waals surface area contributed by atoms with Crippen molar-refractivity contribution >= 4 is 0 Å². The van der Waals surface area contributed by atoms with Crippen LogP contribution in [0.25, 0.3) is 11.6 Å². The predicted molar refractivity (Wildman–Crippen MR) is 90.8 cm³/mol. The predicted octanol–water partition coefficient (Wildman–Crippen LogP) is 2.60. The lowest BCUT2D eigenvalue weighted by molar-refractivity contribution is 0.174. The molecule has 4 aromatic heterocycles. The van der Waals surface area contributed by atoms with E-state index in [1.807, 2.05) is 18.3 Å². The number of fused-ring (bicyclic) bond motifs is 1. The van der Waals surface area contributed by atoms with E-state index < -0.39 is 0 Å². The van der Waals surface area contributed by atoms with Gasteiger partial charge in [0.15, 0.2) is 5.76 Å². The third-order valence-electron chi connectivity index (χ3n) is 4.57. The summed E-state index contributed by atoms with van der Waals surface area (Å²) < 4.78 is 10.8. The van der Waals surface area contributed by atoms with Crippen molar-refractivity contribution in [2.24, 2.45) is 0 Å². The Morgan fingerprint density at radius 1 is 1.27 bits per heavy atom. The number of hydrogen-bond donors (Lipinski definition) is 1. The fourth-order valence-corrected chi connectivity index (χ4v) is 3.40. The fourth-order valence-electron chi connectivity index (χ4n) is 3.40. The van der Waals surface area contributed by atoms with Gasteiger partial charge in [0.1, 0.15) is 0 Å². The molecule has 0 bridgehead atoms. The first kappa shape index (κ1) is 15.0. The zero-order valence-corrected chi connectivity index (χ0v) is 13.9. The molecule has 1 aliphatic heterocycles. The lowest BCUT2D eigenvalue weighted by Gasteiger charge is -2.33. The van der Waals surface area contributed by atoms with Crippen molar-refractivity contribution in [3.63, 3.8) is 0 Å². The molecule has 0 fully saturated rings. The van der Waals surface area contributed by atoms with E-state index in [1.54, 1.807) is 24.9 Å². The van der Waals surface area contributed by atoms with Crippen molar-refractivity contribution in [3.05, 3.63) is 72.1 Å². The minimum atomic E-state index is -0.00216. The van der Waals surface area contributed by atoms with Crippen LogP contribution in [0.2, 0.25) is 0 Å². The summed E-state index contributed by atoms with van der Waals surface area (Å²) in [7, 11) is 0. The fraction of sp³-hybridized carbons (Fsp3) is 0.222. The van der Waals surface area contributed by atoms with E-state index in [1.165, 1.54) is 0 Å². The second-order valence-electron chi connectivity index (χ2n) is 6.16. The van der Waals surface area contributed by atoms with Crippen LogP contribution in [0.3, 0.4) is 0 Å². The molecular weight excluding hydrogens is 332 g/mol. The maximum Gasteiger partial charge on any atom is 0.241 e. The zero-order chi connectivity index (χ0) is 17.3. The summed E-state index contributed by atoms with van der Waals surface area (Å²) in [6.45, 7) is 1.38. The molecule has 0 aromatic carbocycles. The average molecular weight is 348 g/mol. The topological polar surface area (TPSA) is 96.9 Å². The molecule has 0 aliphatic carbocycles. The highest BCUT2D eigenvalue weighted by molar-refractivity contribution is 5.44. The van der Waals surface area contributed by atoms with Gasteiger partial charge in [-0.15, -0.1) is 0 Å². The number of furan rings is 1. The standard InChI is InChI=1S/C18H16N6O2/c1-3-12(9-19-6-1)17-16-13(20-11-21-16)5-7-24(17)10-15-22-18(23-26-15)14-4-2-8-25-14/h1-4,6,8-9,11,17H,5,7,10H2,(H,20,21). The molecule has 4 aromatic rings. The summed E-state index contributed by atoms with van der Waals surface area (Å²) >= 11 is 0. The van der Waals surface area contributed by atoms with Crippen LogP contribution in [-0.2, 0) is 13.0 Å². The van der Waals surface area contributed by atoms with Crippen molar-refractivity contribution in [3.8, 4) is 11.6 Å². The lowest BCUT2D eigenvalue weighted by Crippen LogP contribution is -2.36. The van der Waals surface area contributed by atoms with E-state index in [-0.39, 0.29) is 6.04 Å². The molecule has 5 rings (SSSR count). The third kappa shape index (κ3) is 2.60. The Labute approximate surface area is 148 Å². The Hall–Kier alpha value is -3.26. The second kappa shape index (κ2) is 6.23. The molecular formula is C18H16N6O2. The van der Waals surface area contributed by atoms with Crippen LogP contribution in [0.15, 0.2) is 58.2 Å². The van der Waals surface area contributed by atoms with E-state index >= 15 is 0 Å². The first-order valence-corrected chi connectivity index (χ1v) is 8.41. The van der Waals surface area contributed by atoms with Gasteiger partial charge in [-0.25, -0.2) is 4.98 Å². The maximum atomic E-state index is 5.44. The summed E-state index contributed by atoms with van der Waals surface area (Å²) in [5.41, 5.74) is 3.28. The summed E-state index contributed by atoms with van der Waals surface area (Å²) in [6.07, 6.45) is 7.89. The lowest BCUT2D eigenvalue weighted by atomic mass is 9.97. The van der Waals surface area contributed by atoms with Gasteiger partial charge in [-0.1, -0.05) is 11.2 Å². The van der Waals surface area contributed by atoms with Crippen molar-refractivity contribution < 1.29 is 8.94 Å². The van der Waals surface area contributed by atoms with E-state index in [4.69, 9.17) is 8.94 Å². The van der Waals surface area contributed by atoms with E-state index in [0.29, 0.717) is 24.0 Å². The Morgan fingerprint density at radius 3 is 3.12 bits per heavy atom. The minimum Gasteiger partial charge on any atom is -0.461 e. The first-order chi connectivity index (χ1) is 12.9. The first-order valence-electron chi connectivity index (χ1n) is 8.41. The molecule has 8 nitrogen and oxygen atoms in total. The molecule has 1 N–H and O–H groups in total. The van der Waals surface area contributed by atoms with Gasteiger partial charge in [-0.2, -0.15) is 4.98 Å². The van der Waals surface area contributed by atoms with Gasteiger partial charge in [0, 0.05) is 31.1 Å². The molecule has 1 atom stereocenters. The molecule has 0 amide bonds. The molecule has 130 valence electrons. The molecule has 5 heterocycles. The summed E-state index contributed by atoms with van der Waals surface area (Å²) in [5.74, 6) is 1.60. The largest absolute Gasteiger partial charge is 0.461 e. The van der Waals surface area contributed by atoms with Gasteiger partial charge in [0.2, 0.25) is 11.7 Å². The highest BCUT2D eigenvalue weighted by atomic mass is 16.5. The molecule has 0 radical (unpaired) electrons. The third-order valence-corrected chi connectivity index (χ3v) is 4.57. The van der Waals surface area contributed by atoms with Crippen LogP contribution in [-0.4, -0.2) is 36.5 Å². The molecule has 1 aliphatic rings. The second-order valence-corrected chi connectivity index (χ2v) is 6.16. The molecule has 1 unspecified atom stereocenters. The molecule has 0 saturated heterocycles. The van der Waals surface area contributed by atoms with Crippen molar-refractivity contribution in [2.75, 3.05) is 6.54 Å². The molecule has 0 saturated carbocycles. The van der Waals surface area contributed by atoms with Crippen LogP contribution in [0.4, 0.5) is 0 Å². The Kier molecular flexibility index (Phi) is 3.60. The van der Waals surface area contributed by atoms with Gasteiger partial charge >= 0.3 is 0 Å². The number of aromatic nitrogens is 5.